The molecule has 0 bridgehead atoms. The molecule has 0 N–H and O–H groups in total. The number of nitrogens with zero attached hydrogens (tertiary/aromatic N) is 2. The molecule has 0 aliphatic carbocycles. The summed E-state index contributed by atoms with van der Waals surface area (Å²) in [5.41, 5.74) is 2.94. The summed E-state index contributed by atoms with van der Waals surface area (Å²) < 4.78 is 7.82. The van der Waals surface area contributed by atoms with E-state index in [9.17, 15) is 0 Å². The minimum atomic E-state index is 0.523. The topological polar surface area (TPSA) is 38.9 Å². The van der Waals surface area contributed by atoms with Gasteiger partial charge in [-0.05, 0) is 55.0 Å². The van der Waals surface area contributed by atoms with Crippen molar-refractivity contribution in [3.8, 4) is 22.9 Å². The average molecular weight is 394 g/mol. The SMILES string of the molecule is Cc1cc(Br)ccc1-c1nnc(-c2ccc(Br)cc2)o1. The van der Waals surface area contributed by atoms with Gasteiger partial charge in [-0.15, -0.1) is 10.2 Å². The maximum Gasteiger partial charge on any atom is 0.248 e. The van der Waals surface area contributed by atoms with Crippen molar-refractivity contribution in [2.75, 3.05) is 0 Å². The van der Waals surface area contributed by atoms with Crippen molar-refractivity contribution in [1.82, 2.24) is 10.2 Å². The minimum absolute atomic E-state index is 0.523. The monoisotopic (exact) mass is 392 g/mol. The summed E-state index contributed by atoms with van der Waals surface area (Å²) in [5, 5.41) is 8.24. The highest BCUT2D eigenvalue weighted by Gasteiger charge is 2.12. The second-order valence-electron chi connectivity index (χ2n) is 4.38. The van der Waals surface area contributed by atoms with Gasteiger partial charge in [0, 0.05) is 20.1 Å². The summed E-state index contributed by atoms with van der Waals surface area (Å²) in [5.74, 6) is 1.06. The van der Waals surface area contributed by atoms with Gasteiger partial charge in [-0.2, -0.15) is 0 Å². The Morgan fingerprint density at radius 1 is 0.850 bits per heavy atom. The highest BCUT2D eigenvalue weighted by atomic mass is 79.9. The van der Waals surface area contributed by atoms with Crippen LogP contribution in [0.15, 0.2) is 55.8 Å². The Balaban J connectivity index is 1.99. The van der Waals surface area contributed by atoms with Crippen LogP contribution >= 0.6 is 31.9 Å². The zero-order chi connectivity index (χ0) is 14.1. The summed E-state index contributed by atoms with van der Waals surface area (Å²) in [6, 6.07) is 13.7. The molecule has 0 aliphatic rings. The fraction of sp³-hybridized carbons (Fsp3) is 0.0667. The fourth-order valence-corrected chi connectivity index (χ4v) is 2.65. The van der Waals surface area contributed by atoms with E-state index in [2.05, 4.69) is 42.1 Å². The number of rotatable bonds is 2. The van der Waals surface area contributed by atoms with Crippen LogP contribution < -0.4 is 0 Å². The minimum Gasteiger partial charge on any atom is -0.416 e. The van der Waals surface area contributed by atoms with Crippen molar-refractivity contribution in [1.29, 1.82) is 0 Å². The Kier molecular flexibility index (Phi) is 3.72. The van der Waals surface area contributed by atoms with E-state index >= 15 is 0 Å². The zero-order valence-electron chi connectivity index (χ0n) is 10.6. The number of hydrogen-bond donors (Lipinski definition) is 0. The normalized spacial score (nSPS) is 10.8. The summed E-state index contributed by atoms with van der Waals surface area (Å²) >= 11 is 6.85. The number of benzene rings is 2. The number of aromatic nitrogens is 2. The van der Waals surface area contributed by atoms with E-state index in [1.807, 2.05) is 49.4 Å². The van der Waals surface area contributed by atoms with Crippen LogP contribution in [-0.2, 0) is 0 Å². The van der Waals surface area contributed by atoms with Crippen molar-refractivity contribution < 1.29 is 4.42 Å². The third kappa shape index (κ3) is 2.69. The molecule has 5 heteroatoms. The molecule has 0 saturated heterocycles. The molecular formula is C15H10Br2N2O. The average Bonchev–Trinajstić information content (AvgIpc) is 2.89. The van der Waals surface area contributed by atoms with Gasteiger partial charge in [0.1, 0.15) is 0 Å². The molecule has 3 nitrogen and oxygen atoms in total. The molecule has 0 spiro atoms. The van der Waals surface area contributed by atoms with E-state index in [1.54, 1.807) is 0 Å². The predicted molar refractivity (Wildman–Crippen MR) is 85.3 cm³/mol. The molecule has 20 heavy (non-hydrogen) atoms. The van der Waals surface area contributed by atoms with Crippen LogP contribution in [0, 0.1) is 6.92 Å². The molecule has 3 rings (SSSR count). The summed E-state index contributed by atoms with van der Waals surface area (Å²) in [7, 11) is 0. The van der Waals surface area contributed by atoms with Crippen LogP contribution in [0.4, 0.5) is 0 Å². The maximum absolute atomic E-state index is 5.76. The fourth-order valence-electron chi connectivity index (χ4n) is 1.91. The smallest absolute Gasteiger partial charge is 0.248 e. The Labute approximate surface area is 133 Å². The summed E-state index contributed by atoms with van der Waals surface area (Å²) in [6.45, 7) is 2.02. The van der Waals surface area contributed by atoms with E-state index in [1.165, 1.54) is 0 Å². The Hall–Kier alpha value is -1.46. The molecule has 0 saturated carbocycles. The van der Waals surface area contributed by atoms with Gasteiger partial charge in [0.2, 0.25) is 11.8 Å². The van der Waals surface area contributed by atoms with Gasteiger partial charge >= 0.3 is 0 Å². The quantitative estimate of drug-likeness (QED) is 0.597. The predicted octanol–water partition coefficient (Wildman–Crippen LogP) is 5.24. The largest absolute Gasteiger partial charge is 0.416 e. The molecule has 0 aliphatic heterocycles. The standard InChI is InChI=1S/C15H10Br2N2O/c1-9-8-12(17)6-7-13(9)15-19-18-14(20-15)10-2-4-11(16)5-3-10/h2-8H,1H3. The van der Waals surface area contributed by atoms with Crippen molar-refractivity contribution in [3.05, 3.63) is 57.0 Å². The highest BCUT2D eigenvalue weighted by molar-refractivity contribution is 9.10. The zero-order valence-corrected chi connectivity index (χ0v) is 13.8. The van der Waals surface area contributed by atoms with Gasteiger partial charge in [-0.3, -0.25) is 0 Å². The molecule has 100 valence electrons. The van der Waals surface area contributed by atoms with E-state index in [0.717, 1.165) is 25.6 Å². The van der Waals surface area contributed by atoms with Crippen molar-refractivity contribution in [2.45, 2.75) is 6.92 Å². The first-order chi connectivity index (χ1) is 9.63. The first-order valence-corrected chi connectivity index (χ1v) is 7.58. The summed E-state index contributed by atoms with van der Waals surface area (Å²) in [6.07, 6.45) is 0. The molecule has 0 atom stereocenters. The van der Waals surface area contributed by atoms with Gasteiger partial charge < -0.3 is 4.42 Å². The second kappa shape index (κ2) is 5.50. The molecule has 0 fully saturated rings. The molecule has 0 radical (unpaired) electrons. The van der Waals surface area contributed by atoms with E-state index in [0.29, 0.717) is 11.8 Å². The van der Waals surface area contributed by atoms with Crippen LogP contribution in [0.3, 0.4) is 0 Å². The van der Waals surface area contributed by atoms with E-state index in [-0.39, 0.29) is 0 Å². The number of aryl methyl sites for hydroxylation is 1. The summed E-state index contributed by atoms with van der Waals surface area (Å²) in [4.78, 5) is 0. The van der Waals surface area contributed by atoms with E-state index < -0.39 is 0 Å². The lowest BCUT2D eigenvalue weighted by atomic mass is 10.1. The molecular weight excluding hydrogens is 384 g/mol. The van der Waals surface area contributed by atoms with Gasteiger partial charge in [-0.1, -0.05) is 31.9 Å². The maximum atomic E-state index is 5.76. The molecule has 0 amide bonds. The molecule has 3 aromatic rings. The lowest BCUT2D eigenvalue weighted by Gasteiger charge is -2.01. The van der Waals surface area contributed by atoms with Crippen molar-refractivity contribution in [2.24, 2.45) is 0 Å². The van der Waals surface area contributed by atoms with Crippen LogP contribution in [-0.4, -0.2) is 10.2 Å². The van der Waals surface area contributed by atoms with Gasteiger partial charge in [0.15, 0.2) is 0 Å². The van der Waals surface area contributed by atoms with Crippen molar-refractivity contribution >= 4 is 31.9 Å². The van der Waals surface area contributed by atoms with Crippen LogP contribution in [0.5, 0.6) is 0 Å². The lowest BCUT2D eigenvalue weighted by molar-refractivity contribution is 0.584. The van der Waals surface area contributed by atoms with Gasteiger partial charge in [0.05, 0.1) is 0 Å². The molecule has 2 aromatic carbocycles. The Bertz CT molecular complexity index is 751. The first-order valence-electron chi connectivity index (χ1n) is 5.99. The molecule has 1 aromatic heterocycles. The third-order valence-corrected chi connectivity index (χ3v) is 3.96. The van der Waals surface area contributed by atoms with Crippen LogP contribution in [0.25, 0.3) is 22.9 Å². The number of halogens is 2. The van der Waals surface area contributed by atoms with Crippen molar-refractivity contribution in [3.63, 3.8) is 0 Å². The lowest BCUT2D eigenvalue weighted by Crippen LogP contribution is -1.83. The highest BCUT2D eigenvalue weighted by Crippen LogP contribution is 2.28. The van der Waals surface area contributed by atoms with Gasteiger partial charge in [0.25, 0.3) is 0 Å². The van der Waals surface area contributed by atoms with E-state index in [4.69, 9.17) is 4.42 Å². The first kappa shape index (κ1) is 13.5. The second-order valence-corrected chi connectivity index (χ2v) is 6.21. The van der Waals surface area contributed by atoms with Gasteiger partial charge in [-0.25, -0.2) is 0 Å². The third-order valence-electron chi connectivity index (χ3n) is 2.94. The number of hydrogen-bond acceptors (Lipinski definition) is 3. The van der Waals surface area contributed by atoms with Crippen LogP contribution in [0.2, 0.25) is 0 Å². The Morgan fingerprint density at radius 2 is 1.50 bits per heavy atom. The molecule has 1 heterocycles. The molecule has 0 unspecified atom stereocenters. The Morgan fingerprint density at radius 3 is 2.20 bits per heavy atom. The van der Waals surface area contributed by atoms with Crippen LogP contribution in [0.1, 0.15) is 5.56 Å².